The van der Waals surface area contributed by atoms with E-state index in [2.05, 4.69) is 43.0 Å². The Labute approximate surface area is 249 Å². The van der Waals surface area contributed by atoms with E-state index < -0.39 is 0 Å². The molecular formula is C31H31ClN8O2. The third-order valence-corrected chi connectivity index (χ3v) is 8.20. The molecule has 2 aliphatic heterocycles. The lowest BCUT2D eigenvalue weighted by Crippen LogP contribution is -2.49. The third kappa shape index (κ3) is 5.67. The highest BCUT2D eigenvalue weighted by Crippen LogP contribution is 2.38. The van der Waals surface area contributed by atoms with Crippen molar-refractivity contribution in [3.8, 4) is 17.3 Å². The number of hydrogen-bond acceptors (Lipinski definition) is 8. The first kappa shape index (κ1) is 27.7. The largest absolute Gasteiger partial charge is 0.379 e. The molecule has 2 fully saturated rings. The molecule has 0 bridgehead atoms. The summed E-state index contributed by atoms with van der Waals surface area (Å²) in [7, 11) is 0. The van der Waals surface area contributed by atoms with Crippen LogP contribution in [0.3, 0.4) is 0 Å². The van der Waals surface area contributed by atoms with Gasteiger partial charge < -0.3 is 25.3 Å². The van der Waals surface area contributed by atoms with Crippen molar-refractivity contribution in [2.75, 3.05) is 54.9 Å². The van der Waals surface area contributed by atoms with Crippen LogP contribution in [-0.4, -0.2) is 71.2 Å². The van der Waals surface area contributed by atoms with Crippen LogP contribution < -0.4 is 15.5 Å². The number of nitrogens with one attached hydrogen (secondary N) is 3. The van der Waals surface area contributed by atoms with E-state index in [1.54, 1.807) is 6.07 Å². The number of carbonyl (C=O) groups excluding carboxylic acids is 1. The molecule has 2 aromatic carbocycles. The summed E-state index contributed by atoms with van der Waals surface area (Å²) in [6, 6.07) is 14.2. The summed E-state index contributed by atoms with van der Waals surface area (Å²) < 4.78 is 5.52. The lowest BCUT2D eigenvalue weighted by molar-refractivity contribution is -0.111. The number of ether oxygens (including phenoxy) is 1. The molecule has 0 radical (unpaired) electrons. The molecule has 0 unspecified atom stereocenters. The van der Waals surface area contributed by atoms with Crippen LogP contribution in [0.5, 0.6) is 0 Å². The van der Waals surface area contributed by atoms with Crippen LogP contribution in [0.4, 0.5) is 23.0 Å². The van der Waals surface area contributed by atoms with Gasteiger partial charge in [-0.2, -0.15) is 5.26 Å². The van der Waals surface area contributed by atoms with Crippen molar-refractivity contribution in [3.63, 3.8) is 0 Å². The molecule has 0 aliphatic carbocycles. The number of aromatic amines is 1. The molecule has 2 aromatic heterocycles. The van der Waals surface area contributed by atoms with Gasteiger partial charge in [0, 0.05) is 54.9 Å². The molecule has 0 spiro atoms. The molecule has 4 aromatic rings. The van der Waals surface area contributed by atoms with E-state index in [4.69, 9.17) is 21.3 Å². The summed E-state index contributed by atoms with van der Waals surface area (Å²) in [6.07, 6.45) is 6.60. The van der Waals surface area contributed by atoms with E-state index in [0.29, 0.717) is 33.7 Å². The van der Waals surface area contributed by atoms with Crippen molar-refractivity contribution in [1.82, 2.24) is 19.9 Å². The number of morpholine rings is 1. The summed E-state index contributed by atoms with van der Waals surface area (Å²) in [4.78, 5) is 29.5. The SMILES string of the molecule is C=CC(=O)Nc1cc(N2CCC(N3CCOCC3)CC2)c(Cl)cc1Nc1ncc(C#N)c(-c2c[nH]c3ccccc23)n1. The molecule has 6 rings (SSSR count). The number of benzene rings is 2. The number of anilines is 4. The fraction of sp³-hybridized carbons (Fsp3) is 0.290. The maximum Gasteiger partial charge on any atom is 0.247 e. The van der Waals surface area contributed by atoms with Crippen molar-refractivity contribution in [2.24, 2.45) is 0 Å². The zero-order valence-electron chi connectivity index (χ0n) is 23.1. The molecule has 1 amide bonds. The molecule has 42 heavy (non-hydrogen) atoms. The van der Waals surface area contributed by atoms with Gasteiger partial charge in [0.1, 0.15) is 6.07 Å². The number of nitriles is 1. The smallest absolute Gasteiger partial charge is 0.247 e. The molecule has 10 nitrogen and oxygen atoms in total. The number of carbonyl (C=O) groups is 1. The summed E-state index contributed by atoms with van der Waals surface area (Å²) in [5.41, 5.74) is 4.47. The second-order valence-electron chi connectivity index (χ2n) is 10.3. The number of aromatic nitrogens is 3. The first-order valence-electron chi connectivity index (χ1n) is 14.0. The van der Waals surface area contributed by atoms with E-state index in [0.717, 1.165) is 74.4 Å². The number of amides is 1. The molecule has 3 N–H and O–H groups in total. The Kier molecular flexibility index (Phi) is 8.06. The number of nitrogens with zero attached hydrogens (tertiary/aromatic N) is 5. The maximum absolute atomic E-state index is 12.4. The zero-order valence-corrected chi connectivity index (χ0v) is 23.8. The number of H-pyrrole nitrogens is 1. The number of fused-ring (bicyclic) bond motifs is 1. The Hall–Kier alpha value is -4.43. The minimum absolute atomic E-state index is 0.263. The van der Waals surface area contributed by atoms with E-state index in [-0.39, 0.29) is 11.9 Å². The number of hydrogen-bond donors (Lipinski definition) is 3. The van der Waals surface area contributed by atoms with Crippen LogP contribution in [0.15, 0.2) is 61.4 Å². The Balaban J connectivity index is 1.29. The summed E-state index contributed by atoms with van der Waals surface area (Å²) in [5.74, 6) is -0.0869. The standard InChI is InChI=1S/C31H31ClN8O2/c1-2-29(41)36-27-16-28(40-9-7-21(8-10-40)39-11-13-42-14-12-39)24(32)15-26(27)37-31-35-18-20(17-33)30(38-31)23-19-34-25-6-4-3-5-22(23)25/h2-6,15-16,18-19,21,34H,1,7-14H2,(H,36,41)(H,35,37,38). The predicted octanol–water partition coefficient (Wildman–Crippen LogP) is 5.32. The minimum Gasteiger partial charge on any atom is -0.379 e. The molecule has 0 atom stereocenters. The minimum atomic E-state index is -0.349. The molecule has 11 heteroatoms. The first-order chi connectivity index (χ1) is 20.5. The van der Waals surface area contributed by atoms with Crippen molar-refractivity contribution in [1.29, 1.82) is 5.26 Å². The van der Waals surface area contributed by atoms with Crippen molar-refractivity contribution in [2.45, 2.75) is 18.9 Å². The molecule has 4 heterocycles. The fourth-order valence-electron chi connectivity index (χ4n) is 5.73. The Morgan fingerprint density at radius 2 is 1.95 bits per heavy atom. The molecule has 2 aliphatic rings. The van der Waals surface area contributed by atoms with Crippen LogP contribution in [-0.2, 0) is 9.53 Å². The highest BCUT2D eigenvalue weighted by molar-refractivity contribution is 6.34. The van der Waals surface area contributed by atoms with Gasteiger partial charge in [-0.1, -0.05) is 36.4 Å². The summed E-state index contributed by atoms with van der Waals surface area (Å²) in [6.45, 7) is 8.84. The zero-order chi connectivity index (χ0) is 29.1. The lowest BCUT2D eigenvalue weighted by Gasteiger charge is -2.41. The van der Waals surface area contributed by atoms with Crippen molar-refractivity contribution >= 4 is 51.4 Å². The second-order valence-corrected chi connectivity index (χ2v) is 10.8. The van der Waals surface area contributed by atoms with Crippen LogP contribution >= 0.6 is 11.6 Å². The number of rotatable bonds is 7. The van der Waals surface area contributed by atoms with Gasteiger partial charge in [0.15, 0.2) is 0 Å². The topological polar surface area (TPSA) is 122 Å². The normalized spacial score (nSPS) is 16.2. The van der Waals surface area contributed by atoms with Crippen molar-refractivity contribution < 1.29 is 9.53 Å². The van der Waals surface area contributed by atoms with Crippen molar-refractivity contribution in [3.05, 3.63) is 72.0 Å². The molecular weight excluding hydrogens is 552 g/mol. The monoisotopic (exact) mass is 582 g/mol. The van der Waals surface area contributed by atoms with Crippen LogP contribution in [0.1, 0.15) is 18.4 Å². The first-order valence-corrected chi connectivity index (χ1v) is 14.4. The van der Waals surface area contributed by atoms with E-state index in [1.807, 2.05) is 36.5 Å². The molecule has 0 saturated carbocycles. The maximum atomic E-state index is 12.4. The van der Waals surface area contributed by atoms with E-state index >= 15 is 0 Å². The van der Waals surface area contributed by atoms with Gasteiger partial charge >= 0.3 is 0 Å². The predicted molar refractivity (Wildman–Crippen MR) is 165 cm³/mol. The summed E-state index contributed by atoms with van der Waals surface area (Å²) >= 11 is 6.85. The quantitative estimate of drug-likeness (QED) is 0.250. The Bertz CT molecular complexity index is 1670. The molecule has 214 valence electrons. The van der Waals surface area contributed by atoms with Gasteiger partial charge in [-0.25, -0.2) is 9.97 Å². The Morgan fingerprint density at radius 3 is 2.71 bits per heavy atom. The van der Waals surface area contributed by atoms with E-state index in [9.17, 15) is 10.1 Å². The average Bonchev–Trinajstić information content (AvgIpc) is 3.47. The van der Waals surface area contributed by atoms with Gasteiger partial charge in [-0.15, -0.1) is 0 Å². The highest BCUT2D eigenvalue weighted by atomic mass is 35.5. The molecule has 2 saturated heterocycles. The average molecular weight is 583 g/mol. The van der Waals surface area contributed by atoms with Gasteiger partial charge in [0.05, 0.1) is 52.8 Å². The number of halogens is 1. The van der Waals surface area contributed by atoms with Gasteiger partial charge in [0.25, 0.3) is 0 Å². The van der Waals surface area contributed by atoms with Crippen LogP contribution in [0, 0.1) is 11.3 Å². The van der Waals surface area contributed by atoms with E-state index in [1.165, 1.54) is 12.3 Å². The van der Waals surface area contributed by atoms with Gasteiger partial charge in [0.2, 0.25) is 11.9 Å². The summed E-state index contributed by atoms with van der Waals surface area (Å²) in [5, 5.41) is 17.4. The number of piperidine rings is 1. The Morgan fingerprint density at radius 1 is 1.17 bits per heavy atom. The van der Waals surface area contributed by atoms with Gasteiger partial charge in [-0.3, -0.25) is 9.69 Å². The lowest BCUT2D eigenvalue weighted by atomic mass is 10.0. The second kappa shape index (κ2) is 12.2. The number of para-hydroxylation sites is 1. The third-order valence-electron chi connectivity index (χ3n) is 7.90. The highest BCUT2D eigenvalue weighted by Gasteiger charge is 2.27. The fourth-order valence-corrected chi connectivity index (χ4v) is 6.01. The van der Waals surface area contributed by atoms with Crippen LogP contribution in [0.2, 0.25) is 5.02 Å². The van der Waals surface area contributed by atoms with Gasteiger partial charge in [-0.05, 0) is 37.1 Å². The van der Waals surface area contributed by atoms with Crippen LogP contribution in [0.25, 0.3) is 22.2 Å².